The van der Waals surface area contributed by atoms with E-state index < -0.39 is 11.8 Å². The average Bonchev–Trinajstić information content (AvgIpc) is 2.84. The number of aromatic nitrogens is 2. The van der Waals surface area contributed by atoms with Crippen molar-refractivity contribution >= 4 is 11.6 Å². The fraction of sp³-hybridized carbons (Fsp3) is 0.176. The van der Waals surface area contributed by atoms with Gasteiger partial charge in [0.15, 0.2) is 0 Å². The minimum atomic E-state index is -0.983. The van der Waals surface area contributed by atoms with Crippen LogP contribution in [0.15, 0.2) is 42.6 Å². The lowest BCUT2D eigenvalue weighted by Crippen LogP contribution is -2.06. The van der Waals surface area contributed by atoms with Crippen molar-refractivity contribution in [3.8, 4) is 5.75 Å². The monoisotopic (exact) mass is 314 g/mol. The molecular weight excluding hydrogens is 299 g/mol. The van der Waals surface area contributed by atoms with E-state index >= 15 is 0 Å². The summed E-state index contributed by atoms with van der Waals surface area (Å²) in [5.74, 6) is -0.700. The van der Waals surface area contributed by atoms with Crippen molar-refractivity contribution in [2.45, 2.75) is 12.8 Å². The van der Waals surface area contributed by atoms with E-state index in [1.807, 2.05) is 24.3 Å². The number of carboxylic acids is 1. The van der Waals surface area contributed by atoms with Gasteiger partial charge in [-0.15, -0.1) is 0 Å². The lowest BCUT2D eigenvalue weighted by Gasteiger charge is -2.05. The van der Waals surface area contributed by atoms with Crippen molar-refractivity contribution in [2.75, 3.05) is 7.11 Å². The summed E-state index contributed by atoms with van der Waals surface area (Å²) < 4.78 is 20.2. The summed E-state index contributed by atoms with van der Waals surface area (Å²) in [6, 6.07) is 10.3. The SMILES string of the molecule is COc1cccc(Cc2nc3ccc(F)cn3c2CC(=O)O)c1. The Morgan fingerprint density at radius 1 is 1.35 bits per heavy atom. The zero-order valence-electron chi connectivity index (χ0n) is 12.5. The summed E-state index contributed by atoms with van der Waals surface area (Å²) in [4.78, 5) is 15.6. The van der Waals surface area contributed by atoms with Gasteiger partial charge in [0.05, 0.1) is 24.9 Å². The fourth-order valence-corrected chi connectivity index (χ4v) is 2.56. The second-order valence-corrected chi connectivity index (χ2v) is 5.18. The molecule has 2 aromatic heterocycles. The van der Waals surface area contributed by atoms with Crippen LogP contribution in [-0.2, 0) is 17.6 Å². The third-order valence-corrected chi connectivity index (χ3v) is 3.59. The quantitative estimate of drug-likeness (QED) is 0.786. The second kappa shape index (κ2) is 6.08. The number of aliphatic carboxylic acids is 1. The molecule has 1 N–H and O–H groups in total. The van der Waals surface area contributed by atoms with Gasteiger partial charge in [0.1, 0.15) is 17.2 Å². The van der Waals surface area contributed by atoms with E-state index in [-0.39, 0.29) is 6.42 Å². The number of nitrogens with zero attached hydrogens (tertiary/aromatic N) is 2. The number of carboxylic acid groups (broad SMARTS) is 1. The predicted octanol–water partition coefficient (Wildman–Crippen LogP) is 2.70. The van der Waals surface area contributed by atoms with E-state index in [1.54, 1.807) is 7.11 Å². The Labute approximate surface area is 132 Å². The van der Waals surface area contributed by atoms with Crippen LogP contribution in [0.4, 0.5) is 4.39 Å². The zero-order valence-corrected chi connectivity index (χ0v) is 12.5. The number of imidazole rings is 1. The molecule has 3 rings (SSSR count). The van der Waals surface area contributed by atoms with Gasteiger partial charge in [-0.1, -0.05) is 12.1 Å². The minimum absolute atomic E-state index is 0.218. The summed E-state index contributed by atoms with van der Waals surface area (Å²) in [7, 11) is 1.59. The maximum absolute atomic E-state index is 13.5. The van der Waals surface area contributed by atoms with Crippen LogP contribution in [0.5, 0.6) is 5.75 Å². The molecule has 0 aliphatic heterocycles. The highest BCUT2D eigenvalue weighted by Gasteiger charge is 2.16. The van der Waals surface area contributed by atoms with Crippen LogP contribution in [0.25, 0.3) is 5.65 Å². The van der Waals surface area contributed by atoms with Gasteiger partial charge < -0.3 is 14.2 Å². The molecule has 6 heteroatoms. The molecule has 23 heavy (non-hydrogen) atoms. The molecule has 0 amide bonds. The minimum Gasteiger partial charge on any atom is -0.497 e. The number of ether oxygens (including phenoxy) is 1. The normalized spacial score (nSPS) is 10.9. The van der Waals surface area contributed by atoms with Gasteiger partial charge in [-0.05, 0) is 29.8 Å². The first-order chi connectivity index (χ1) is 11.1. The van der Waals surface area contributed by atoms with Crippen LogP contribution in [0.2, 0.25) is 0 Å². The van der Waals surface area contributed by atoms with Gasteiger partial charge in [0.25, 0.3) is 0 Å². The summed E-state index contributed by atoms with van der Waals surface area (Å²) in [6.45, 7) is 0. The Hall–Kier alpha value is -2.89. The van der Waals surface area contributed by atoms with E-state index in [0.717, 1.165) is 11.3 Å². The first-order valence-electron chi connectivity index (χ1n) is 7.07. The summed E-state index contributed by atoms with van der Waals surface area (Å²) in [5, 5.41) is 9.13. The van der Waals surface area contributed by atoms with Crippen molar-refractivity contribution in [3.05, 3.63) is 65.4 Å². The van der Waals surface area contributed by atoms with Crippen molar-refractivity contribution < 1.29 is 19.0 Å². The average molecular weight is 314 g/mol. The number of pyridine rings is 1. The Morgan fingerprint density at radius 2 is 2.17 bits per heavy atom. The molecular formula is C17H15FN2O3. The van der Waals surface area contributed by atoms with Crippen LogP contribution in [0.1, 0.15) is 17.0 Å². The molecule has 0 unspecified atom stereocenters. The Morgan fingerprint density at radius 3 is 2.91 bits per heavy atom. The molecule has 3 aromatic rings. The van der Waals surface area contributed by atoms with Gasteiger partial charge in [-0.3, -0.25) is 4.79 Å². The Bertz CT molecular complexity index is 873. The van der Waals surface area contributed by atoms with Crippen LogP contribution in [-0.4, -0.2) is 27.6 Å². The molecule has 1 aromatic carbocycles. The molecule has 0 aliphatic carbocycles. The first kappa shape index (κ1) is 15.0. The highest BCUT2D eigenvalue weighted by atomic mass is 19.1. The van der Waals surface area contributed by atoms with Crippen LogP contribution >= 0.6 is 0 Å². The number of benzene rings is 1. The smallest absolute Gasteiger partial charge is 0.309 e. The number of rotatable bonds is 5. The Balaban J connectivity index is 2.06. The Kier molecular flexibility index (Phi) is 3.97. The van der Waals surface area contributed by atoms with E-state index in [4.69, 9.17) is 9.84 Å². The standard InChI is InChI=1S/C17H15FN2O3/c1-23-13-4-2-3-11(7-13)8-14-15(9-17(21)22)20-10-12(18)5-6-16(20)19-14/h2-7,10H,8-9H2,1H3,(H,21,22). The largest absolute Gasteiger partial charge is 0.497 e. The topological polar surface area (TPSA) is 63.8 Å². The molecule has 118 valence electrons. The number of hydrogen-bond acceptors (Lipinski definition) is 3. The molecule has 0 saturated heterocycles. The van der Waals surface area contributed by atoms with E-state index in [9.17, 15) is 9.18 Å². The third kappa shape index (κ3) is 3.15. The lowest BCUT2D eigenvalue weighted by molar-refractivity contribution is -0.136. The van der Waals surface area contributed by atoms with Crippen LogP contribution in [0.3, 0.4) is 0 Å². The van der Waals surface area contributed by atoms with Crippen molar-refractivity contribution in [2.24, 2.45) is 0 Å². The van der Waals surface area contributed by atoms with E-state index in [0.29, 0.717) is 23.5 Å². The van der Waals surface area contributed by atoms with E-state index in [2.05, 4.69) is 4.98 Å². The highest BCUT2D eigenvalue weighted by Crippen LogP contribution is 2.20. The van der Waals surface area contributed by atoms with Gasteiger partial charge in [0.2, 0.25) is 0 Å². The number of hydrogen-bond donors (Lipinski definition) is 1. The van der Waals surface area contributed by atoms with Gasteiger partial charge in [0, 0.05) is 12.6 Å². The first-order valence-corrected chi connectivity index (χ1v) is 7.07. The number of methoxy groups -OCH3 is 1. The number of halogens is 1. The fourth-order valence-electron chi connectivity index (χ4n) is 2.56. The second-order valence-electron chi connectivity index (χ2n) is 5.18. The molecule has 0 saturated carbocycles. The molecule has 5 nitrogen and oxygen atoms in total. The van der Waals surface area contributed by atoms with Gasteiger partial charge >= 0.3 is 5.97 Å². The van der Waals surface area contributed by atoms with Crippen molar-refractivity contribution in [1.29, 1.82) is 0 Å². The lowest BCUT2D eigenvalue weighted by atomic mass is 10.1. The molecule has 0 bridgehead atoms. The molecule has 0 aliphatic rings. The number of fused-ring (bicyclic) bond motifs is 1. The zero-order chi connectivity index (χ0) is 16.4. The van der Waals surface area contributed by atoms with Gasteiger partial charge in [-0.25, -0.2) is 9.37 Å². The maximum atomic E-state index is 13.5. The molecule has 0 spiro atoms. The predicted molar refractivity (Wildman–Crippen MR) is 82.3 cm³/mol. The number of carbonyl (C=O) groups is 1. The van der Waals surface area contributed by atoms with Gasteiger partial charge in [-0.2, -0.15) is 0 Å². The summed E-state index contributed by atoms with van der Waals surface area (Å²) in [6.07, 6.45) is 1.49. The van der Waals surface area contributed by atoms with Crippen LogP contribution < -0.4 is 4.74 Å². The molecule has 0 fully saturated rings. The summed E-state index contributed by atoms with van der Waals surface area (Å²) >= 11 is 0. The highest BCUT2D eigenvalue weighted by molar-refractivity contribution is 5.70. The van der Waals surface area contributed by atoms with Crippen molar-refractivity contribution in [1.82, 2.24) is 9.38 Å². The summed E-state index contributed by atoms with van der Waals surface area (Å²) in [5.41, 5.74) is 2.57. The van der Waals surface area contributed by atoms with Crippen LogP contribution in [0, 0.1) is 5.82 Å². The maximum Gasteiger partial charge on any atom is 0.309 e. The molecule has 2 heterocycles. The third-order valence-electron chi connectivity index (χ3n) is 3.59. The van der Waals surface area contributed by atoms with E-state index in [1.165, 1.54) is 22.7 Å². The molecule has 0 radical (unpaired) electrons. The molecule has 0 atom stereocenters. The van der Waals surface area contributed by atoms with Crippen molar-refractivity contribution in [3.63, 3.8) is 0 Å².